The lowest BCUT2D eigenvalue weighted by atomic mass is 10.1. The first-order chi connectivity index (χ1) is 9.82. The Morgan fingerprint density at radius 3 is 2.00 bits per heavy atom. The molecule has 0 saturated heterocycles. The predicted octanol–water partition coefficient (Wildman–Crippen LogP) is 0.487. The van der Waals surface area contributed by atoms with Crippen molar-refractivity contribution in [2.45, 2.75) is 0 Å². The monoisotopic (exact) mass is 317 g/mol. The molecule has 0 heterocycles. The molecule has 0 radical (unpaired) electrons. The highest BCUT2D eigenvalue weighted by Crippen LogP contribution is 2.38. The van der Waals surface area contributed by atoms with E-state index in [0.717, 1.165) is 6.26 Å². The van der Waals surface area contributed by atoms with Gasteiger partial charge in [0.15, 0.2) is 11.5 Å². The summed E-state index contributed by atoms with van der Waals surface area (Å²) in [7, 11) is 1.24. The summed E-state index contributed by atoms with van der Waals surface area (Å²) >= 11 is 0. The van der Waals surface area contributed by atoms with Gasteiger partial charge in [-0.3, -0.25) is 4.79 Å². The fourth-order valence-electron chi connectivity index (χ4n) is 1.66. The lowest BCUT2D eigenvalue weighted by molar-refractivity contribution is 0.0955. The molecule has 0 spiro atoms. The average molecular weight is 317 g/mol. The number of hydrogen-bond donors (Lipinski definition) is 1. The molecule has 1 rings (SSSR count). The first-order valence-electron chi connectivity index (χ1n) is 6.08. The van der Waals surface area contributed by atoms with Crippen LogP contribution in [0.25, 0.3) is 0 Å². The van der Waals surface area contributed by atoms with E-state index in [1.807, 2.05) is 0 Å². The molecular formula is C13H19NO6S. The average Bonchev–Trinajstić information content (AvgIpc) is 2.43. The quantitative estimate of drug-likeness (QED) is 0.787. The maximum absolute atomic E-state index is 12.0. The largest absolute Gasteiger partial charge is 0.493 e. The summed E-state index contributed by atoms with van der Waals surface area (Å²) < 4.78 is 37.5. The zero-order chi connectivity index (χ0) is 16.0. The van der Waals surface area contributed by atoms with Gasteiger partial charge in [-0.1, -0.05) is 0 Å². The molecule has 0 aliphatic carbocycles. The number of benzene rings is 1. The Labute approximate surface area is 124 Å². The molecule has 1 aromatic rings. The van der Waals surface area contributed by atoms with Crippen LogP contribution in [0.2, 0.25) is 0 Å². The Morgan fingerprint density at radius 1 is 1.10 bits per heavy atom. The standard InChI is InChI=1S/C13H19NO6S/c1-18-10-7-9(8-11(19-2)12(10)20-3)13(15)14-5-6-21(4,16)17/h7-8H,5-6H2,1-4H3,(H,14,15). The summed E-state index contributed by atoms with van der Waals surface area (Å²) in [6.45, 7) is 0.0360. The topological polar surface area (TPSA) is 90.9 Å². The molecule has 21 heavy (non-hydrogen) atoms. The number of rotatable bonds is 7. The molecule has 0 bridgehead atoms. The third kappa shape index (κ3) is 4.82. The van der Waals surface area contributed by atoms with E-state index in [9.17, 15) is 13.2 Å². The number of sulfone groups is 1. The first-order valence-corrected chi connectivity index (χ1v) is 8.14. The van der Waals surface area contributed by atoms with E-state index in [0.29, 0.717) is 17.2 Å². The van der Waals surface area contributed by atoms with E-state index in [-0.39, 0.29) is 17.9 Å². The van der Waals surface area contributed by atoms with Crippen LogP contribution < -0.4 is 19.5 Å². The molecule has 0 aromatic heterocycles. The van der Waals surface area contributed by atoms with Gasteiger partial charge in [0.05, 0.1) is 27.1 Å². The Morgan fingerprint density at radius 2 is 1.62 bits per heavy atom. The van der Waals surface area contributed by atoms with Crippen molar-refractivity contribution in [1.82, 2.24) is 5.32 Å². The Balaban J connectivity index is 2.94. The van der Waals surface area contributed by atoms with Crippen LogP contribution in [0.15, 0.2) is 12.1 Å². The van der Waals surface area contributed by atoms with E-state index in [4.69, 9.17) is 14.2 Å². The lowest BCUT2D eigenvalue weighted by Gasteiger charge is -2.14. The number of nitrogens with one attached hydrogen (secondary N) is 1. The minimum atomic E-state index is -3.12. The highest BCUT2D eigenvalue weighted by molar-refractivity contribution is 7.90. The first kappa shape index (κ1) is 17.1. The Kier molecular flexibility index (Phi) is 5.83. The number of methoxy groups -OCH3 is 3. The van der Waals surface area contributed by atoms with Crippen LogP contribution in [0.3, 0.4) is 0 Å². The van der Waals surface area contributed by atoms with Crippen LogP contribution in [0.1, 0.15) is 10.4 Å². The molecular weight excluding hydrogens is 298 g/mol. The molecule has 0 atom stereocenters. The van der Waals surface area contributed by atoms with Gasteiger partial charge in [0.1, 0.15) is 9.84 Å². The van der Waals surface area contributed by atoms with Crippen LogP contribution in [0, 0.1) is 0 Å². The van der Waals surface area contributed by atoms with Crippen LogP contribution >= 0.6 is 0 Å². The molecule has 0 saturated carbocycles. The maximum Gasteiger partial charge on any atom is 0.251 e. The second-order valence-electron chi connectivity index (χ2n) is 4.30. The predicted molar refractivity (Wildman–Crippen MR) is 78.1 cm³/mol. The van der Waals surface area contributed by atoms with E-state index >= 15 is 0 Å². The molecule has 0 aliphatic rings. The zero-order valence-corrected chi connectivity index (χ0v) is 13.2. The van der Waals surface area contributed by atoms with Crippen LogP contribution in [0.4, 0.5) is 0 Å². The smallest absolute Gasteiger partial charge is 0.251 e. The highest BCUT2D eigenvalue weighted by Gasteiger charge is 2.17. The molecule has 0 aliphatic heterocycles. The SMILES string of the molecule is COc1cc(C(=O)NCCS(C)(=O)=O)cc(OC)c1OC. The van der Waals surface area contributed by atoms with Crippen LogP contribution in [-0.4, -0.2) is 54.2 Å². The van der Waals surface area contributed by atoms with Crippen LogP contribution in [-0.2, 0) is 9.84 Å². The van der Waals surface area contributed by atoms with Gasteiger partial charge >= 0.3 is 0 Å². The fraction of sp³-hybridized carbons (Fsp3) is 0.462. The number of carbonyl (C=O) groups is 1. The molecule has 1 amide bonds. The maximum atomic E-state index is 12.0. The van der Waals surface area contributed by atoms with Gasteiger partial charge in [0.2, 0.25) is 5.75 Å². The number of ether oxygens (including phenoxy) is 3. The highest BCUT2D eigenvalue weighted by atomic mass is 32.2. The van der Waals surface area contributed by atoms with Crippen molar-refractivity contribution < 1.29 is 27.4 Å². The van der Waals surface area contributed by atoms with Crippen molar-refractivity contribution in [3.63, 3.8) is 0 Å². The van der Waals surface area contributed by atoms with Crippen molar-refractivity contribution in [3.05, 3.63) is 17.7 Å². The second kappa shape index (κ2) is 7.16. The van der Waals surface area contributed by atoms with Crippen molar-refractivity contribution in [3.8, 4) is 17.2 Å². The van der Waals surface area contributed by atoms with Gasteiger partial charge in [0, 0.05) is 18.4 Å². The van der Waals surface area contributed by atoms with Gasteiger partial charge in [-0.05, 0) is 12.1 Å². The molecule has 8 heteroatoms. The minimum absolute atomic E-state index is 0.0360. The third-order valence-corrected chi connectivity index (χ3v) is 3.63. The van der Waals surface area contributed by atoms with Gasteiger partial charge in [-0.15, -0.1) is 0 Å². The van der Waals surface area contributed by atoms with E-state index in [1.165, 1.54) is 33.5 Å². The van der Waals surface area contributed by atoms with E-state index < -0.39 is 15.7 Å². The third-order valence-electron chi connectivity index (χ3n) is 2.69. The molecule has 118 valence electrons. The van der Waals surface area contributed by atoms with Crippen molar-refractivity contribution in [1.29, 1.82) is 0 Å². The second-order valence-corrected chi connectivity index (χ2v) is 6.56. The summed E-state index contributed by atoms with van der Waals surface area (Å²) in [4.78, 5) is 12.0. The fourth-order valence-corrected chi connectivity index (χ4v) is 2.14. The Bertz CT molecular complexity index is 586. The molecule has 0 fully saturated rings. The molecule has 1 N–H and O–H groups in total. The van der Waals surface area contributed by atoms with Gasteiger partial charge < -0.3 is 19.5 Å². The lowest BCUT2D eigenvalue weighted by Crippen LogP contribution is -2.28. The van der Waals surface area contributed by atoms with Crippen molar-refractivity contribution in [2.24, 2.45) is 0 Å². The number of carbonyl (C=O) groups excluding carboxylic acids is 1. The molecule has 7 nitrogen and oxygen atoms in total. The number of amides is 1. The molecule has 0 unspecified atom stereocenters. The van der Waals surface area contributed by atoms with Gasteiger partial charge in [-0.2, -0.15) is 0 Å². The summed E-state index contributed by atoms with van der Waals surface area (Å²) in [5, 5.41) is 2.53. The minimum Gasteiger partial charge on any atom is -0.493 e. The molecule has 1 aromatic carbocycles. The van der Waals surface area contributed by atoms with Crippen molar-refractivity contribution in [2.75, 3.05) is 39.9 Å². The summed E-state index contributed by atoms with van der Waals surface area (Å²) in [5.74, 6) is 0.546. The Hall–Kier alpha value is -1.96. The number of hydrogen-bond acceptors (Lipinski definition) is 6. The van der Waals surface area contributed by atoms with Gasteiger partial charge in [-0.25, -0.2) is 8.42 Å². The van der Waals surface area contributed by atoms with E-state index in [2.05, 4.69) is 5.32 Å². The summed E-state index contributed by atoms with van der Waals surface area (Å²) in [5.41, 5.74) is 0.290. The van der Waals surface area contributed by atoms with Crippen LogP contribution in [0.5, 0.6) is 17.2 Å². The summed E-state index contributed by atoms with van der Waals surface area (Å²) in [6.07, 6.45) is 1.11. The van der Waals surface area contributed by atoms with Gasteiger partial charge in [0.25, 0.3) is 5.91 Å². The summed E-state index contributed by atoms with van der Waals surface area (Å²) in [6, 6.07) is 2.99. The van der Waals surface area contributed by atoms with E-state index in [1.54, 1.807) is 0 Å². The zero-order valence-electron chi connectivity index (χ0n) is 12.4. The normalized spacial score (nSPS) is 10.9. The van der Waals surface area contributed by atoms with Crippen molar-refractivity contribution >= 4 is 15.7 Å².